The molecular formula is C18H21N4O. The summed E-state index contributed by atoms with van der Waals surface area (Å²) in [5, 5.41) is 0. The molecule has 1 aromatic heterocycles. The number of likely N-dealkylation sites (N-methyl/N-ethyl adjacent to an activating group) is 1. The van der Waals surface area contributed by atoms with Crippen molar-refractivity contribution in [3.8, 4) is 11.1 Å². The largest absolute Gasteiger partial charge is 0.383 e. The van der Waals surface area contributed by atoms with Crippen molar-refractivity contribution in [1.29, 1.82) is 0 Å². The minimum Gasteiger partial charge on any atom is -0.383 e. The van der Waals surface area contributed by atoms with E-state index in [0.29, 0.717) is 5.82 Å². The molecule has 119 valence electrons. The van der Waals surface area contributed by atoms with Crippen LogP contribution in [0.25, 0.3) is 11.1 Å². The maximum absolute atomic E-state index is 12.6. The third-order valence-electron chi connectivity index (χ3n) is 4.27. The lowest BCUT2D eigenvalue weighted by Crippen LogP contribution is -2.47. The van der Waals surface area contributed by atoms with Gasteiger partial charge in [0, 0.05) is 44.0 Å². The van der Waals surface area contributed by atoms with E-state index in [9.17, 15) is 4.79 Å². The van der Waals surface area contributed by atoms with E-state index < -0.39 is 0 Å². The number of pyridine rings is 1. The molecule has 1 fully saturated rings. The van der Waals surface area contributed by atoms with Gasteiger partial charge in [-0.25, -0.2) is 4.98 Å². The van der Waals surface area contributed by atoms with Gasteiger partial charge in [0.25, 0.3) is 5.91 Å². The van der Waals surface area contributed by atoms with Crippen LogP contribution in [0.2, 0.25) is 0 Å². The highest BCUT2D eigenvalue weighted by Gasteiger charge is 2.20. The first-order chi connectivity index (χ1) is 11.0. The molecule has 2 heterocycles. The van der Waals surface area contributed by atoms with Gasteiger partial charge in [-0.2, -0.15) is 0 Å². The smallest absolute Gasteiger partial charge is 0.253 e. The molecule has 0 atom stereocenters. The summed E-state index contributed by atoms with van der Waals surface area (Å²) in [4.78, 5) is 20.8. The van der Waals surface area contributed by atoms with E-state index in [-0.39, 0.29) is 5.91 Å². The van der Waals surface area contributed by atoms with Crippen molar-refractivity contribution in [2.75, 3.05) is 39.0 Å². The van der Waals surface area contributed by atoms with E-state index in [1.54, 1.807) is 6.20 Å². The van der Waals surface area contributed by atoms with E-state index in [2.05, 4.69) is 23.0 Å². The molecule has 1 aliphatic rings. The zero-order chi connectivity index (χ0) is 16.4. The molecule has 1 aromatic carbocycles. The van der Waals surface area contributed by atoms with Crippen molar-refractivity contribution >= 4 is 11.7 Å². The van der Waals surface area contributed by atoms with Crippen LogP contribution in [0.15, 0.2) is 30.5 Å². The molecule has 23 heavy (non-hydrogen) atoms. The Bertz CT molecular complexity index is 721. The number of hydrogen-bond acceptors (Lipinski definition) is 4. The van der Waals surface area contributed by atoms with Gasteiger partial charge >= 0.3 is 0 Å². The zero-order valence-electron chi connectivity index (χ0n) is 13.5. The van der Waals surface area contributed by atoms with Crippen LogP contribution in [0.3, 0.4) is 0 Å². The summed E-state index contributed by atoms with van der Waals surface area (Å²) in [7, 11) is 2.08. The first kappa shape index (κ1) is 15.5. The van der Waals surface area contributed by atoms with Crippen molar-refractivity contribution in [3.05, 3.63) is 47.7 Å². The second-order valence-corrected chi connectivity index (χ2v) is 5.99. The van der Waals surface area contributed by atoms with Gasteiger partial charge in [-0.3, -0.25) is 4.79 Å². The maximum Gasteiger partial charge on any atom is 0.253 e. The Hall–Kier alpha value is -2.40. The minimum atomic E-state index is 0.103. The molecule has 0 unspecified atom stereocenters. The van der Waals surface area contributed by atoms with Crippen LogP contribution in [0.4, 0.5) is 5.82 Å². The average Bonchev–Trinajstić information content (AvgIpc) is 2.55. The quantitative estimate of drug-likeness (QED) is 0.919. The van der Waals surface area contributed by atoms with E-state index in [0.717, 1.165) is 48.4 Å². The number of nitrogens with zero attached hydrogens (tertiary/aromatic N) is 3. The number of anilines is 1. The molecule has 5 nitrogen and oxygen atoms in total. The third kappa shape index (κ3) is 3.35. The Morgan fingerprint density at radius 1 is 1.22 bits per heavy atom. The Labute approximate surface area is 136 Å². The Morgan fingerprint density at radius 2 is 1.96 bits per heavy atom. The van der Waals surface area contributed by atoms with Gasteiger partial charge < -0.3 is 15.5 Å². The van der Waals surface area contributed by atoms with Gasteiger partial charge in [-0.15, -0.1) is 0 Å². The highest BCUT2D eigenvalue weighted by atomic mass is 16.2. The summed E-state index contributed by atoms with van der Waals surface area (Å²) in [6.45, 7) is 5.41. The summed E-state index contributed by atoms with van der Waals surface area (Å²) in [5.41, 5.74) is 9.39. The van der Waals surface area contributed by atoms with Crippen LogP contribution >= 0.6 is 0 Å². The SMILES string of the molecule is Cc1cc(C(=O)N2CCN(C)CC2)ccc1-c1[c]c(N)ncc1. The summed E-state index contributed by atoms with van der Waals surface area (Å²) >= 11 is 0. The monoisotopic (exact) mass is 309 g/mol. The van der Waals surface area contributed by atoms with Gasteiger partial charge in [0.05, 0.1) is 0 Å². The van der Waals surface area contributed by atoms with Gasteiger partial charge in [0.15, 0.2) is 0 Å². The summed E-state index contributed by atoms with van der Waals surface area (Å²) in [5.74, 6) is 0.477. The average molecular weight is 309 g/mol. The lowest BCUT2D eigenvalue weighted by molar-refractivity contribution is 0.0664. The number of aromatic nitrogens is 1. The van der Waals surface area contributed by atoms with Gasteiger partial charge in [-0.05, 0) is 48.9 Å². The molecule has 1 amide bonds. The van der Waals surface area contributed by atoms with Crippen LogP contribution < -0.4 is 5.73 Å². The number of carbonyl (C=O) groups is 1. The van der Waals surface area contributed by atoms with Crippen LogP contribution in [-0.4, -0.2) is 53.9 Å². The predicted octanol–water partition coefficient (Wildman–Crippen LogP) is 1.83. The van der Waals surface area contributed by atoms with Crippen LogP contribution in [-0.2, 0) is 0 Å². The molecule has 0 bridgehead atoms. The highest BCUT2D eigenvalue weighted by Crippen LogP contribution is 2.25. The first-order valence-corrected chi connectivity index (χ1v) is 7.77. The topological polar surface area (TPSA) is 62.5 Å². The molecular weight excluding hydrogens is 288 g/mol. The van der Waals surface area contributed by atoms with Crippen LogP contribution in [0.1, 0.15) is 15.9 Å². The summed E-state index contributed by atoms with van der Waals surface area (Å²) < 4.78 is 0. The maximum atomic E-state index is 12.6. The van der Waals surface area contributed by atoms with Crippen LogP contribution in [0.5, 0.6) is 0 Å². The van der Waals surface area contributed by atoms with E-state index in [1.807, 2.05) is 36.1 Å². The predicted molar refractivity (Wildman–Crippen MR) is 91.1 cm³/mol. The molecule has 3 rings (SSSR count). The molecule has 0 saturated carbocycles. The number of hydrogen-bond donors (Lipinski definition) is 1. The fourth-order valence-electron chi connectivity index (χ4n) is 2.85. The zero-order valence-corrected chi connectivity index (χ0v) is 13.5. The van der Waals surface area contributed by atoms with Gasteiger partial charge in [0.1, 0.15) is 5.82 Å². The Kier molecular flexibility index (Phi) is 4.30. The molecule has 0 aliphatic carbocycles. The van der Waals surface area contributed by atoms with Crippen molar-refractivity contribution in [2.24, 2.45) is 0 Å². The lowest BCUT2D eigenvalue weighted by Gasteiger charge is -2.32. The number of piperazine rings is 1. The normalized spacial score (nSPS) is 15.7. The molecule has 2 N–H and O–H groups in total. The van der Waals surface area contributed by atoms with Gasteiger partial charge in [-0.1, -0.05) is 6.07 Å². The number of benzene rings is 1. The third-order valence-corrected chi connectivity index (χ3v) is 4.27. The van der Waals surface area contributed by atoms with Crippen molar-refractivity contribution in [1.82, 2.24) is 14.8 Å². The summed E-state index contributed by atoms with van der Waals surface area (Å²) in [6, 6.07) is 10.7. The fourth-order valence-corrected chi connectivity index (χ4v) is 2.85. The summed E-state index contributed by atoms with van der Waals surface area (Å²) in [6.07, 6.45) is 1.67. The van der Waals surface area contributed by atoms with E-state index >= 15 is 0 Å². The second kappa shape index (κ2) is 6.38. The molecule has 1 radical (unpaired) electrons. The number of nitrogen functional groups attached to an aromatic ring is 1. The van der Waals surface area contributed by atoms with Gasteiger partial charge in [0.2, 0.25) is 0 Å². The Balaban J connectivity index is 1.83. The van der Waals surface area contributed by atoms with Crippen molar-refractivity contribution < 1.29 is 4.79 Å². The van der Waals surface area contributed by atoms with Crippen molar-refractivity contribution in [2.45, 2.75) is 6.92 Å². The van der Waals surface area contributed by atoms with E-state index in [1.165, 1.54) is 0 Å². The fraction of sp³-hybridized carbons (Fsp3) is 0.333. The second-order valence-electron chi connectivity index (χ2n) is 5.99. The number of nitrogens with two attached hydrogens (primary N) is 1. The number of aryl methyl sites for hydroxylation is 1. The number of amides is 1. The number of carbonyl (C=O) groups excluding carboxylic acids is 1. The molecule has 1 aliphatic heterocycles. The molecule has 1 saturated heterocycles. The highest BCUT2D eigenvalue weighted by molar-refractivity contribution is 5.95. The van der Waals surface area contributed by atoms with Crippen LogP contribution in [0, 0.1) is 13.0 Å². The molecule has 0 spiro atoms. The van der Waals surface area contributed by atoms with Crippen molar-refractivity contribution in [3.63, 3.8) is 0 Å². The molecule has 2 aromatic rings. The number of rotatable bonds is 2. The van der Waals surface area contributed by atoms with E-state index in [4.69, 9.17) is 5.73 Å². The Morgan fingerprint density at radius 3 is 2.61 bits per heavy atom. The lowest BCUT2D eigenvalue weighted by atomic mass is 9.98. The first-order valence-electron chi connectivity index (χ1n) is 7.77. The standard InChI is InChI=1S/C18H21N4O/c1-13-11-15(18(23)22-9-7-21(2)8-10-22)3-4-16(13)14-5-6-20-17(19)12-14/h3-6,11H,7-10H2,1-2H3,(H2,19,20). The minimum absolute atomic E-state index is 0.103. The molecule has 5 heteroatoms.